The Kier molecular flexibility index (Phi) is 9.34. The van der Waals surface area contributed by atoms with Crippen molar-refractivity contribution < 1.29 is 13.2 Å². The number of halogens is 1. The molecule has 0 aliphatic carbocycles. The van der Waals surface area contributed by atoms with E-state index in [0.29, 0.717) is 23.9 Å². The van der Waals surface area contributed by atoms with Crippen molar-refractivity contribution in [2.75, 3.05) is 39.8 Å². The number of hydrogen-bond donors (Lipinski definition) is 2. The maximum atomic E-state index is 12.2. The Labute approximate surface area is 193 Å². The number of hydrogen-bond acceptors (Lipinski definition) is 5. The third kappa shape index (κ3) is 6.38. The molecular formula is C19H27IN4O3S2. The number of rotatable bonds is 6. The minimum Gasteiger partial charge on any atom is -0.370 e. The summed E-state index contributed by atoms with van der Waals surface area (Å²) in [5.41, 5.74) is 2.40. The molecule has 160 valence electrons. The van der Waals surface area contributed by atoms with Gasteiger partial charge in [-0.25, -0.2) is 13.1 Å². The van der Waals surface area contributed by atoms with Crippen molar-refractivity contribution in [2.24, 2.45) is 4.99 Å². The zero-order valence-electron chi connectivity index (χ0n) is 16.5. The summed E-state index contributed by atoms with van der Waals surface area (Å²) in [5, 5.41) is 4.99. The lowest BCUT2D eigenvalue weighted by Crippen LogP contribution is -2.49. The zero-order chi connectivity index (χ0) is 20.0. The van der Waals surface area contributed by atoms with Crippen LogP contribution in [-0.2, 0) is 14.8 Å². The molecule has 1 fully saturated rings. The van der Waals surface area contributed by atoms with Gasteiger partial charge in [0.25, 0.3) is 0 Å². The third-order valence-corrected chi connectivity index (χ3v) is 7.43. The molecule has 0 radical (unpaired) electrons. The summed E-state index contributed by atoms with van der Waals surface area (Å²) in [7, 11) is -1.71. The summed E-state index contributed by atoms with van der Waals surface area (Å²) in [5.74, 6) is 0.747. The third-order valence-electron chi connectivity index (χ3n) is 4.57. The van der Waals surface area contributed by atoms with Gasteiger partial charge in [-0.2, -0.15) is 0 Å². The van der Waals surface area contributed by atoms with Crippen molar-refractivity contribution in [1.82, 2.24) is 14.9 Å². The number of morpholine rings is 1. The molecule has 1 atom stereocenters. The summed E-state index contributed by atoms with van der Waals surface area (Å²) in [6.07, 6.45) is -0.00849. The van der Waals surface area contributed by atoms with Crippen LogP contribution in [0.15, 0.2) is 51.0 Å². The van der Waals surface area contributed by atoms with Gasteiger partial charge in [-0.05, 0) is 29.5 Å². The highest BCUT2D eigenvalue weighted by molar-refractivity contribution is 14.0. The van der Waals surface area contributed by atoms with Crippen LogP contribution < -0.4 is 10.0 Å². The SMILES string of the molecule is CN=C(NCCNS(=O)(=O)c1cccs1)N1CCOC(c2ccccc2C)C1.I. The summed E-state index contributed by atoms with van der Waals surface area (Å²) < 4.78 is 33.2. The molecule has 1 aromatic carbocycles. The minimum absolute atomic E-state index is 0. The summed E-state index contributed by atoms with van der Waals surface area (Å²) in [6.45, 7) is 4.87. The van der Waals surface area contributed by atoms with Gasteiger partial charge < -0.3 is 15.0 Å². The van der Waals surface area contributed by atoms with Gasteiger partial charge in [-0.15, -0.1) is 35.3 Å². The first-order valence-corrected chi connectivity index (χ1v) is 11.5. The number of benzene rings is 1. The van der Waals surface area contributed by atoms with E-state index in [1.54, 1.807) is 24.6 Å². The molecule has 2 N–H and O–H groups in total. The van der Waals surface area contributed by atoms with Crippen molar-refractivity contribution >= 4 is 51.3 Å². The molecule has 1 unspecified atom stereocenters. The highest BCUT2D eigenvalue weighted by atomic mass is 127. The Bertz CT molecular complexity index is 904. The number of aryl methyl sites for hydroxylation is 1. The standard InChI is InChI=1S/C19H26N4O3S2.HI/c1-15-6-3-4-7-16(15)17-14-23(11-12-26-17)19(20-2)21-9-10-22-28(24,25)18-8-5-13-27-18;/h3-8,13,17,22H,9-12,14H2,1-2H3,(H,20,21);1H. The van der Waals surface area contributed by atoms with Gasteiger partial charge >= 0.3 is 0 Å². The fourth-order valence-corrected chi connectivity index (χ4v) is 5.23. The Morgan fingerprint density at radius 2 is 2.07 bits per heavy atom. The lowest BCUT2D eigenvalue weighted by molar-refractivity contribution is -0.00828. The molecule has 29 heavy (non-hydrogen) atoms. The first-order valence-electron chi connectivity index (χ1n) is 9.17. The molecular weight excluding hydrogens is 523 g/mol. The van der Waals surface area contributed by atoms with Gasteiger partial charge in [0.1, 0.15) is 10.3 Å². The molecule has 1 aromatic heterocycles. The topological polar surface area (TPSA) is 83.0 Å². The highest BCUT2D eigenvalue weighted by Gasteiger charge is 2.25. The predicted octanol–water partition coefficient (Wildman–Crippen LogP) is 2.60. The summed E-state index contributed by atoms with van der Waals surface area (Å²) >= 11 is 1.20. The molecule has 7 nitrogen and oxygen atoms in total. The van der Waals surface area contributed by atoms with E-state index >= 15 is 0 Å². The van der Waals surface area contributed by atoms with Gasteiger partial charge in [-0.1, -0.05) is 30.3 Å². The van der Waals surface area contributed by atoms with E-state index < -0.39 is 10.0 Å². The minimum atomic E-state index is -3.44. The highest BCUT2D eigenvalue weighted by Crippen LogP contribution is 2.24. The Morgan fingerprint density at radius 1 is 1.28 bits per heavy atom. The molecule has 0 amide bonds. The molecule has 10 heteroatoms. The van der Waals surface area contributed by atoms with Gasteiger partial charge in [0.15, 0.2) is 5.96 Å². The number of nitrogens with one attached hydrogen (secondary N) is 2. The molecule has 0 bridgehead atoms. The number of sulfonamides is 1. The summed E-state index contributed by atoms with van der Waals surface area (Å²) in [4.78, 5) is 6.49. The second-order valence-electron chi connectivity index (χ2n) is 6.47. The van der Waals surface area contributed by atoms with Gasteiger partial charge in [-0.3, -0.25) is 4.99 Å². The lowest BCUT2D eigenvalue weighted by Gasteiger charge is -2.35. The van der Waals surface area contributed by atoms with Crippen molar-refractivity contribution in [2.45, 2.75) is 17.2 Å². The molecule has 1 aliphatic rings. The van der Waals surface area contributed by atoms with E-state index in [0.717, 1.165) is 12.5 Å². The van der Waals surface area contributed by atoms with E-state index in [9.17, 15) is 8.42 Å². The Balaban J connectivity index is 0.00000300. The monoisotopic (exact) mass is 550 g/mol. The van der Waals surface area contributed by atoms with Crippen molar-refractivity contribution in [1.29, 1.82) is 0 Å². The number of thiophene rings is 1. The van der Waals surface area contributed by atoms with Gasteiger partial charge in [0.2, 0.25) is 10.0 Å². The van der Waals surface area contributed by atoms with Crippen LogP contribution in [0.1, 0.15) is 17.2 Å². The number of aliphatic imine (C=N–C) groups is 1. The van der Waals surface area contributed by atoms with Crippen LogP contribution in [0.25, 0.3) is 0 Å². The van der Waals surface area contributed by atoms with Crippen LogP contribution in [0.2, 0.25) is 0 Å². The summed E-state index contributed by atoms with van der Waals surface area (Å²) in [6, 6.07) is 11.6. The maximum Gasteiger partial charge on any atom is 0.250 e. The molecule has 0 saturated carbocycles. The quantitative estimate of drug-likeness (QED) is 0.250. The number of nitrogens with zero attached hydrogens (tertiary/aromatic N) is 2. The number of guanidine groups is 1. The normalized spacial score (nSPS) is 17.7. The maximum absolute atomic E-state index is 12.2. The smallest absolute Gasteiger partial charge is 0.250 e. The first-order chi connectivity index (χ1) is 13.5. The van der Waals surface area contributed by atoms with Crippen LogP contribution in [0, 0.1) is 6.92 Å². The van der Waals surface area contributed by atoms with Crippen LogP contribution in [0.3, 0.4) is 0 Å². The van der Waals surface area contributed by atoms with Crippen LogP contribution in [-0.4, -0.2) is 59.1 Å². The van der Waals surface area contributed by atoms with Crippen LogP contribution in [0.5, 0.6) is 0 Å². The van der Waals surface area contributed by atoms with Gasteiger partial charge in [0.05, 0.1) is 13.2 Å². The molecule has 2 aromatic rings. The van der Waals surface area contributed by atoms with Crippen molar-refractivity contribution in [3.63, 3.8) is 0 Å². The van der Waals surface area contributed by atoms with E-state index in [2.05, 4.69) is 39.0 Å². The van der Waals surface area contributed by atoms with Crippen molar-refractivity contribution in [3.05, 3.63) is 52.9 Å². The van der Waals surface area contributed by atoms with Crippen LogP contribution in [0.4, 0.5) is 0 Å². The first kappa shape index (κ1) is 24.1. The zero-order valence-corrected chi connectivity index (χ0v) is 20.5. The van der Waals surface area contributed by atoms with Crippen molar-refractivity contribution in [3.8, 4) is 0 Å². The predicted molar refractivity (Wildman–Crippen MR) is 128 cm³/mol. The molecule has 1 saturated heterocycles. The van der Waals surface area contributed by atoms with Crippen LogP contribution >= 0.6 is 35.3 Å². The van der Waals surface area contributed by atoms with E-state index in [1.165, 1.54) is 22.5 Å². The average Bonchev–Trinajstić information content (AvgIpc) is 3.24. The molecule has 1 aliphatic heterocycles. The largest absolute Gasteiger partial charge is 0.370 e. The fraction of sp³-hybridized carbons (Fsp3) is 0.421. The molecule has 2 heterocycles. The van der Waals surface area contributed by atoms with E-state index in [4.69, 9.17) is 4.74 Å². The number of ether oxygens (including phenoxy) is 1. The Morgan fingerprint density at radius 3 is 2.76 bits per heavy atom. The van der Waals surface area contributed by atoms with E-state index in [-0.39, 0.29) is 36.6 Å². The molecule has 3 rings (SSSR count). The van der Waals surface area contributed by atoms with Gasteiger partial charge in [0, 0.05) is 26.7 Å². The fourth-order valence-electron chi connectivity index (χ4n) is 3.16. The Hall–Kier alpha value is -1.21. The molecule has 0 spiro atoms. The average molecular weight is 550 g/mol. The second kappa shape index (κ2) is 11.3. The van der Waals surface area contributed by atoms with E-state index in [1.807, 2.05) is 12.1 Å². The lowest BCUT2D eigenvalue weighted by atomic mass is 10.0. The second-order valence-corrected chi connectivity index (χ2v) is 9.41.